The van der Waals surface area contributed by atoms with E-state index < -0.39 is 12.2 Å². The number of halogens is 2. The van der Waals surface area contributed by atoms with Gasteiger partial charge in [0.2, 0.25) is 0 Å². The number of imidazole rings is 1. The highest BCUT2D eigenvalue weighted by Crippen LogP contribution is 2.27. The van der Waals surface area contributed by atoms with Crippen LogP contribution in [0, 0.1) is 0 Å². The Morgan fingerprint density at radius 3 is 2.25 bits per heavy atom. The molecule has 6 rings (SSSR count). The lowest BCUT2D eigenvalue weighted by molar-refractivity contribution is -0.143. The van der Waals surface area contributed by atoms with Gasteiger partial charge in [0.05, 0.1) is 11.0 Å². The van der Waals surface area contributed by atoms with Gasteiger partial charge in [-0.05, 0) is 108 Å². The molecule has 3 aliphatic rings. The van der Waals surface area contributed by atoms with Gasteiger partial charge >= 0.3 is 11.8 Å². The number of rotatable bonds is 6. The third-order valence-corrected chi connectivity index (χ3v) is 11.3. The number of nitrogens with one attached hydrogen (secondary N) is 1. The van der Waals surface area contributed by atoms with Gasteiger partial charge in [0, 0.05) is 66.7 Å². The minimum atomic E-state index is -0.917. The molecule has 4 heterocycles. The Morgan fingerprint density at radius 2 is 1.55 bits per heavy atom. The summed E-state index contributed by atoms with van der Waals surface area (Å²) in [6.45, 7) is 6.07. The van der Waals surface area contributed by atoms with E-state index in [1.165, 1.54) is 0 Å². The number of piperazine rings is 1. The van der Waals surface area contributed by atoms with Crippen LogP contribution in [0.1, 0.15) is 37.3 Å². The fourth-order valence-corrected chi connectivity index (χ4v) is 7.54. The van der Waals surface area contributed by atoms with E-state index in [0.717, 1.165) is 64.6 Å². The molecular formula is C32H40Br2N6O4. The van der Waals surface area contributed by atoms with Crippen molar-refractivity contribution < 1.29 is 14.3 Å². The molecule has 2 amide bonds. The summed E-state index contributed by atoms with van der Waals surface area (Å²) in [4.78, 5) is 51.5. The molecule has 236 valence electrons. The van der Waals surface area contributed by atoms with Crippen molar-refractivity contribution in [1.82, 2.24) is 29.2 Å². The molecule has 10 nitrogen and oxygen atoms in total. The molecule has 2 aromatic carbocycles. The number of carbonyl (C=O) groups is 2. The molecule has 0 unspecified atom stereocenters. The number of carbonyl (C=O) groups excluding carboxylic acids is 2. The Balaban J connectivity index is 1.10. The van der Waals surface area contributed by atoms with E-state index in [1.54, 1.807) is 9.47 Å². The quantitative estimate of drug-likeness (QED) is 0.402. The molecule has 12 heteroatoms. The number of hydrogen-bond acceptors (Lipinski definition) is 6. The Kier molecular flexibility index (Phi) is 9.79. The van der Waals surface area contributed by atoms with Crippen LogP contribution in [0.2, 0.25) is 0 Å². The zero-order valence-electron chi connectivity index (χ0n) is 25.1. The van der Waals surface area contributed by atoms with Crippen LogP contribution in [0.3, 0.4) is 0 Å². The topological polar surface area (TPSA) is 94.1 Å². The van der Waals surface area contributed by atoms with Crippen LogP contribution in [0.5, 0.6) is 0 Å². The smallest absolute Gasteiger partial charge is 0.410 e. The number of ether oxygens (including phenoxy) is 1. The first kappa shape index (κ1) is 31.3. The number of aromatic amines is 1. The predicted molar refractivity (Wildman–Crippen MR) is 177 cm³/mol. The molecule has 3 aromatic rings. The summed E-state index contributed by atoms with van der Waals surface area (Å²) in [5.74, 6) is -0.138. The van der Waals surface area contributed by atoms with Gasteiger partial charge in [0.15, 0.2) is 6.10 Å². The first-order valence-corrected chi connectivity index (χ1v) is 17.2. The number of piperidine rings is 2. The molecular weight excluding hydrogens is 692 g/mol. The van der Waals surface area contributed by atoms with Crippen LogP contribution in [0.4, 0.5) is 4.79 Å². The minimum Gasteiger partial charge on any atom is -0.436 e. The van der Waals surface area contributed by atoms with Crippen molar-refractivity contribution in [3.05, 3.63) is 67.5 Å². The van der Waals surface area contributed by atoms with Crippen LogP contribution in [-0.2, 0) is 16.0 Å². The largest absolute Gasteiger partial charge is 0.436 e. The van der Waals surface area contributed by atoms with E-state index in [-0.39, 0.29) is 17.6 Å². The summed E-state index contributed by atoms with van der Waals surface area (Å²) >= 11 is 7.07. The Labute approximate surface area is 274 Å². The summed E-state index contributed by atoms with van der Waals surface area (Å²) < 4.78 is 9.64. The summed E-state index contributed by atoms with van der Waals surface area (Å²) in [6, 6.07) is 14.1. The van der Waals surface area contributed by atoms with Gasteiger partial charge in [-0.25, -0.2) is 9.59 Å². The number of likely N-dealkylation sites (tertiary alicyclic amines) is 2. The molecule has 1 N–H and O–H groups in total. The number of H-pyrrole nitrogens is 1. The highest BCUT2D eigenvalue weighted by atomic mass is 79.9. The monoisotopic (exact) mass is 730 g/mol. The first-order chi connectivity index (χ1) is 21.3. The molecule has 44 heavy (non-hydrogen) atoms. The van der Waals surface area contributed by atoms with Gasteiger partial charge in [0.1, 0.15) is 0 Å². The number of amides is 2. The maximum Gasteiger partial charge on any atom is 0.410 e. The second kappa shape index (κ2) is 13.8. The van der Waals surface area contributed by atoms with Crippen LogP contribution >= 0.6 is 31.9 Å². The minimum absolute atomic E-state index is 0.0129. The number of fused-ring (bicyclic) bond motifs is 1. The summed E-state index contributed by atoms with van der Waals surface area (Å²) in [7, 11) is 2.17. The summed E-state index contributed by atoms with van der Waals surface area (Å²) in [6.07, 6.45) is 2.49. The molecule has 3 saturated heterocycles. The Hall–Kier alpha value is -2.67. The first-order valence-electron chi connectivity index (χ1n) is 15.6. The van der Waals surface area contributed by atoms with Crippen molar-refractivity contribution in [2.24, 2.45) is 0 Å². The summed E-state index contributed by atoms with van der Waals surface area (Å²) in [5.41, 5.74) is 2.47. The maximum absolute atomic E-state index is 13.9. The third kappa shape index (κ3) is 6.93. The van der Waals surface area contributed by atoms with E-state index in [1.807, 2.05) is 47.4 Å². The van der Waals surface area contributed by atoms with Crippen LogP contribution in [-0.4, -0.2) is 113 Å². The lowest BCUT2D eigenvalue weighted by Gasteiger charge is -2.42. The average molecular weight is 733 g/mol. The van der Waals surface area contributed by atoms with Crippen molar-refractivity contribution in [3.63, 3.8) is 0 Å². The van der Waals surface area contributed by atoms with Gasteiger partial charge in [-0.15, -0.1) is 0 Å². The van der Waals surface area contributed by atoms with Crippen LogP contribution < -0.4 is 5.69 Å². The number of nitrogens with zero attached hydrogens (tertiary/aromatic N) is 5. The zero-order valence-corrected chi connectivity index (χ0v) is 28.3. The molecule has 0 radical (unpaired) electrons. The second-order valence-electron chi connectivity index (χ2n) is 12.3. The van der Waals surface area contributed by atoms with E-state index in [2.05, 4.69) is 53.7 Å². The molecule has 0 saturated carbocycles. The number of hydrogen-bond donors (Lipinski definition) is 1. The standard InChI is InChI=1S/C32H40Br2N6O4/c1-36-12-8-23(9-13-36)37-16-18-38(19-17-37)30(41)29(21-22-6-7-25(33)26(34)20-22)44-32(43)39-14-10-24(11-15-39)40-28-5-3-2-4-27(28)35-31(40)42/h2-7,20,23-24,29H,8-19,21H2,1H3,(H,35,42)/t29-/m1/s1. The molecule has 0 aliphatic carbocycles. The van der Waals surface area contributed by atoms with E-state index in [0.29, 0.717) is 51.5 Å². The number of aromatic nitrogens is 2. The number of para-hydroxylation sites is 2. The van der Waals surface area contributed by atoms with E-state index >= 15 is 0 Å². The van der Waals surface area contributed by atoms with Crippen molar-refractivity contribution in [1.29, 1.82) is 0 Å². The van der Waals surface area contributed by atoms with Gasteiger partial charge in [0.25, 0.3) is 5.91 Å². The molecule has 0 spiro atoms. The van der Waals surface area contributed by atoms with Crippen molar-refractivity contribution in [2.75, 3.05) is 59.4 Å². The van der Waals surface area contributed by atoms with Gasteiger partial charge < -0.3 is 24.4 Å². The predicted octanol–water partition coefficient (Wildman–Crippen LogP) is 4.48. The average Bonchev–Trinajstić information content (AvgIpc) is 3.38. The van der Waals surface area contributed by atoms with Gasteiger partial charge in [-0.3, -0.25) is 14.3 Å². The van der Waals surface area contributed by atoms with Crippen LogP contribution in [0.15, 0.2) is 56.2 Å². The normalized spacial score (nSPS) is 20.2. The summed E-state index contributed by atoms with van der Waals surface area (Å²) in [5, 5.41) is 0. The lowest BCUT2D eigenvalue weighted by Crippen LogP contribution is -2.56. The Morgan fingerprint density at radius 1 is 0.864 bits per heavy atom. The molecule has 0 bridgehead atoms. The van der Waals surface area contributed by atoms with Crippen LogP contribution in [0.25, 0.3) is 11.0 Å². The third-order valence-electron chi connectivity index (χ3n) is 9.47. The second-order valence-corrected chi connectivity index (χ2v) is 14.0. The van der Waals surface area contributed by atoms with Gasteiger partial charge in [-0.1, -0.05) is 18.2 Å². The highest BCUT2D eigenvalue weighted by molar-refractivity contribution is 9.13. The molecule has 1 atom stereocenters. The van der Waals surface area contributed by atoms with Crippen molar-refractivity contribution in [2.45, 2.75) is 50.3 Å². The van der Waals surface area contributed by atoms with Crippen molar-refractivity contribution in [3.8, 4) is 0 Å². The number of benzene rings is 2. The van der Waals surface area contributed by atoms with E-state index in [9.17, 15) is 14.4 Å². The maximum atomic E-state index is 13.9. The SMILES string of the molecule is CN1CCC(N2CCN(C(=O)[C@@H](Cc3ccc(Br)c(Br)c3)OC(=O)N3CCC(n4c(=O)[nH]c5ccccc54)CC3)CC2)CC1. The van der Waals surface area contributed by atoms with Crippen molar-refractivity contribution >= 4 is 54.9 Å². The molecule has 3 aliphatic heterocycles. The molecule has 3 fully saturated rings. The Bertz CT molecular complexity index is 1530. The fraction of sp³-hybridized carbons (Fsp3) is 0.531. The lowest BCUT2D eigenvalue weighted by atomic mass is 10.0. The van der Waals surface area contributed by atoms with E-state index in [4.69, 9.17) is 4.74 Å². The fourth-order valence-electron chi connectivity index (χ4n) is 6.87. The highest BCUT2D eigenvalue weighted by Gasteiger charge is 2.35. The zero-order chi connectivity index (χ0) is 30.8. The van der Waals surface area contributed by atoms with Gasteiger partial charge in [-0.2, -0.15) is 0 Å². The molecule has 1 aromatic heterocycles.